The van der Waals surface area contributed by atoms with Crippen LogP contribution in [-0.4, -0.2) is 17.2 Å². The summed E-state index contributed by atoms with van der Waals surface area (Å²) in [6.45, 7) is 0. The van der Waals surface area contributed by atoms with Crippen molar-refractivity contribution in [2.45, 2.75) is 12.6 Å². The van der Waals surface area contributed by atoms with Crippen LogP contribution in [0, 0.1) is 23.7 Å². The number of carbonyl (C=O) groups is 1. The van der Waals surface area contributed by atoms with Crippen molar-refractivity contribution in [2.75, 3.05) is 4.90 Å². The van der Waals surface area contributed by atoms with E-state index in [1.807, 2.05) is 30.3 Å². The van der Waals surface area contributed by atoms with Crippen LogP contribution in [0.1, 0.15) is 6.42 Å². The van der Waals surface area contributed by atoms with Gasteiger partial charge in [-0.15, -0.1) is 0 Å². The van der Waals surface area contributed by atoms with Crippen molar-refractivity contribution in [1.29, 1.82) is 0 Å². The molecule has 2 bridgehead atoms. The lowest BCUT2D eigenvalue weighted by atomic mass is 9.85. The summed E-state index contributed by atoms with van der Waals surface area (Å²) >= 11 is 0. The first kappa shape index (κ1) is 10.3. The lowest BCUT2D eigenvalue weighted by Crippen LogP contribution is -2.36. The Balaban J connectivity index is 1.75. The van der Waals surface area contributed by atoms with Crippen LogP contribution < -0.4 is 4.90 Å². The number of aliphatic hydroxyl groups excluding tert-OH is 1. The van der Waals surface area contributed by atoms with E-state index in [2.05, 4.69) is 12.2 Å². The topological polar surface area (TPSA) is 40.5 Å². The Bertz CT molecular complexity index is 525. The molecule has 3 nitrogen and oxygen atoms in total. The number of hydrogen-bond acceptors (Lipinski definition) is 2. The molecule has 1 saturated heterocycles. The molecular formula is C15H15NO2. The molecule has 18 heavy (non-hydrogen) atoms. The van der Waals surface area contributed by atoms with Crippen molar-refractivity contribution in [2.24, 2.45) is 23.7 Å². The molecule has 1 amide bonds. The molecule has 3 aliphatic rings. The zero-order valence-electron chi connectivity index (χ0n) is 9.94. The molecule has 92 valence electrons. The van der Waals surface area contributed by atoms with Gasteiger partial charge in [0.2, 0.25) is 5.91 Å². The first-order chi connectivity index (χ1) is 8.77. The highest BCUT2D eigenvalue weighted by Gasteiger charge is 2.59. The van der Waals surface area contributed by atoms with Crippen LogP contribution in [0.2, 0.25) is 0 Å². The summed E-state index contributed by atoms with van der Waals surface area (Å²) in [6.07, 6.45) is 4.72. The van der Waals surface area contributed by atoms with Crippen LogP contribution in [0.4, 0.5) is 5.69 Å². The van der Waals surface area contributed by atoms with Gasteiger partial charge in [0.05, 0.1) is 5.92 Å². The lowest BCUT2D eigenvalue weighted by molar-refractivity contribution is -0.121. The standard InChI is InChI=1S/C15H15NO2/c17-14-12-9-6-7-10(8-9)13(12)15(18)16(14)11-4-2-1-3-5-11/h1-7,9-10,12-14,17H,8H2. The zero-order chi connectivity index (χ0) is 12.3. The zero-order valence-corrected chi connectivity index (χ0v) is 9.94. The highest BCUT2D eigenvalue weighted by Crippen LogP contribution is 2.54. The summed E-state index contributed by atoms with van der Waals surface area (Å²) in [4.78, 5) is 14.1. The third-order valence-electron chi connectivity index (χ3n) is 4.69. The molecule has 4 rings (SSSR count). The van der Waals surface area contributed by atoms with Crippen LogP contribution >= 0.6 is 0 Å². The Morgan fingerprint density at radius 3 is 2.56 bits per heavy atom. The van der Waals surface area contributed by atoms with Crippen LogP contribution in [0.15, 0.2) is 42.5 Å². The molecule has 1 aromatic carbocycles. The van der Waals surface area contributed by atoms with Crippen LogP contribution in [-0.2, 0) is 4.79 Å². The van der Waals surface area contributed by atoms with E-state index in [4.69, 9.17) is 0 Å². The van der Waals surface area contributed by atoms with Crippen LogP contribution in [0.3, 0.4) is 0 Å². The number of aliphatic hydroxyl groups is 1. The van der Waals surface area contributed by atoms with E-state index < -0.39 is 6.23 Å². The quantitative estimate of drug-likeness (QED) is 0.761. The Morgan fingerprint density at radius 2 is 1.83 bits per heavy atom. The number of nitrogens with zero attached hydrogens (tertiary/aromatic N) is 1. The Labute approximate surface area is 106 Å². The van der Waals surface area contributed by atoms with E-state index in [0.717, 1.165) is 12.1 Å². The Morgan fingerprint density at radius 1 is 1.11 bits per heavy atom. The monoisotopic (exact) mass is 241 g/mol. The van der Waals surface area contributed by atoms with E-state index in [-0.39, 0.29) is 17.7 Å². The van der Waals surface area contributed by atoms with Gasteiger partial charge in [0.1, 0.15) is 6.23 Å². The molecule has 1 N–H and O–H groups in total. The number of para-hydroxylation sites is 1. The number of amides is 1. The van der Waals surface area contributed by atoms with Crippen LogP contribution in [0.25, 0.3) is 0 Å². The summed E-state index contributed by atoms with van der Waals surface area (Å²) < 4.78 is 0. The van der Waals surface area contributed by atoms with Crippen molar-refractivity contribution < 1.29 is 9.90 Å². The van der Waals surface area contributed by atoms with Gasteiger partial charge in [0.15, 0.2) is 0 Å². The second-order valence-electron chi connectivity index (χ2n) is 5.51. The average Bonchev–Trinajstić information content (AvgIpc) is 3.05. The summed E-state index contributed by atoms with van der Waals surface area (Å²) in [5.41, 5.74) is 0.809. The molecule has 1 saturated carbocycles. The number of fused-ring (bicyclic) bond motifs is 5. The number of anilines is 1. The number of rotatable bonds is 1. The van der Waals surface area contributed by atoms with Gasteiger partial charge in [-0.2, -0.15) is 0 Å². The Hall–Kier alpha value is -1.61. The van der Waals surface area contributed by atoms with Gasteiger partial charge < -0.3 is 5.11 Å². The Kier molecular flexibility index (Phi) is 1.98. The predicted molar refractivity (Wildman–Crippen MR) is 67.7 cm³/mol. The van der Waals surface area contributed by atoms with Gasteiger partial charge in [-0.25, -0.2) is 0 Å². The molecular weight excluding hydrogens is 226 g/mol. The predicted octanol–water partition coefficient (Wildman–Crippen LogP) is 1.79. The van der Waals surface area contributed by atoms with Crippen molar-refractivity contribution in [3.63, 3.8) is 0 Å². The largest absolute Gasteiger partial charge is 0.373 e. The normalized spacial score (nSPS) is 40.6. The minimum atomic E-state index is -0.662. The molecule has 2 fully saturated rings. The summed E-state index contributed by atoms with van der Waals surface area (Å²) in [5.74, 6) is 0.905. The van der Waals surface area contributed by atoms with Crippen molar-refractivity contribution in [3.8, 4) is 0 Å². The van der Waals surface area contributed by atoms with Gasteiger partial charge in [-0.3, -0.25) is 9.69 Å². The maximum atomic E-state index is 12.5. The van der Waals surface area contributed by atoms with Gasteiger partial charge in [-0.1, -0.05) is 30.4 Å². The molecule has 5 atom stereocenters. The molecule has 2 aliphatic carbocycles. The molecule has 0 aromatic heterocycles. The number of carbonyl (C=O) groups excluding carboxylic acids is 1. The molecule has 5 unspecified atom stereocenters. The second-order valence-corrected chi connectivity index (χ2v) is 5.51. The third-order valence-corrected chi connectivity index (χ3v) is 4.69. The highest BCUT2D eigenvalue weighted by atomic mass is 16.3. The lowest BCUT2D eigenvalue weighted by Gasteiger charge is -2.25. The van der Waals surface area contributed by atoms with Gasteiger partial charge in [-0.05, 0) is 30.4 Å². The van der Waals surface area contributed by atoms with Crippen molar-refractivity contribution in [3.05, 3.63) is 42.5 Å². The van der Waals surface area contributed by atoms with E-state index in [9.17, 15) is 9.90 Å². The maximum Gasteiger partial charge on any atom is 0.233 e. The van der Waals surface area contributed by atoms with Crippen molar-refractivity contribution in [1.82, 2.24) is 0 Å². The molecule has 0 spiro atoms. The minimum Gasteiger partial charge on any atom is -0.373 e. The van der Waals surface area contributed by atoms with E-state index in [1.54, 1.807) is 4.90 Å². The summed E-state index contributed by atoms with van der Waals surface area (Å²) in [6, 6.07) is 9.49. The molecule has 0 radical (unpaired) electrons. The molecule has 3 heteroatoms. The van der Waals surface area contributed by atoms with E-state index >= 15 is 0 Å². The van der Waals surface area contributed by atoms with Crippen LogP contribution in [0.5, 0.6) is 0 Å². The fourth-order valence-corrected chi connectivity index (χ4v) is 3.95. The summed E-state index contributed by atoms with van der Waals surface area (Å²) in [7, 11) is 0. The highest BCUT2D eigenvalue weighted by molar-refractivity contribution is 5.99. The average molecular weight is 241 g/mol. The first-order valence-electron chi connectivity index (χ1n) is 6.52. The molecule has 1 aliphatic heterocycles. The van der Waals surface area contributed by atoms with Gasteiger partial charge in [0.25, 0.3) is 0 Å². The molecule has 1 aromatic rings. The second kappa shape index (κ2) is 3.45. The third kappa shape index (κ3) is 1.15. The maximum absolute atomic E-state index is 12.5. The van der Waals surface area contributed by atoms with E-state index in [1.165, 1.54) is 0 Å². The molecule has 1 heterocycles. The number of allylic oxidation sites excluding steroid dienone is 2. The first-order valence-corrected chi connectivity index (χ1v) is 6.52. The smallest absolute Gasteiger partial charge is 0.233 e. The van der Waals surface area contributed by atoms with Gasteiger partial charge in [0, 0.05) is 11.6 Å². The number of hydrogen-bond donors (Lipinski definition) is 1. The fourth-order valence-electron chi connectivity index (χ4n) is 3.95. The van der Waals surface area contributed by atoms with E-state index in [0.29, 0.717) is 11.8 Å². The fraction of sp³-hybridized carbons (Fsp3) is 0.400. The number of benzene rings is 1. The summed E-state index contributed by atoms with van der Waals surface area (Å²) in [5, 5.41) is 10.5. The van der Waals surface area contributed by atoms with Gasteiger partial charge >= 0.3 is 0 Å². The SMILES string of the molecule is O=C1C2C3C=CC(C3)C2C(O)N1c1ccccc1. The minimum absolute atomic E-state index is 0.00444. The van der Waals surface area contributed by atoms with Crippen molar-refractivity contribution >= 4 is 11.6 Å².